The molecule has 6 nitrogen and oxygen atoms in total. The Morgan fingerprint density at radius 2 is 2.05 bits per heavy atom. The molecular formula is C13H16O6. The van der Waals surface area contributed by atoms with Crippen molar-refractivity contribution in [3.8, 4) is 11.5 Å². The third-order valence-electron chi connectivity index (χ3n) is 2.47. The van der Waals surface area contributed by atoms with Gasteiger partial charge in [-0.05, 0) is 19.1 Å². The molecule has 0 aliphatic heterocycles. The fourth-order valence-electron chi connectivity index (χ4n) is 1.64. The van der Waals surface area contributed by atoms with E-state index in [1.807, 2.05) is 0 Å². The molecular weight excluding hydrogens is 252 g/mol. The van der Waals surface area contributed by atoms with Gasteiger partial charge in [0.05, 0.1) is 20.8 Å². The maximum Gasteiger partial charge on any atom is 0.339 e. The van der Waals surface area contributed by atoms with Crippen LogP contribution in [-0.4, -0.2) is 38.2 Å². The Kier molecular flexibility index (Phi) is 5.32. The van der Waals surface area contributed by atoms with E-state index < -0.39 is 12.1 Å². The van der Waals surface area contributed by atoms with Gasteiger partial charge in [-0.25, -0.2) is 4.79 Å². The van der Waals surface area contributed by atoms with E-state index in [1.165, 1.54) is 26.4 Å². The molecule has 0 aromatic heterocycles. The first kappa shape index (κ1) is 15.0. The molecule has 0 amide bonds. The van der Waals surface area contributed by atoms with Crippen LogP contribution in [0.25, 0.3) is 0 Å². The Bertz CT molecular complexity index is 468. The lowest BCUT2D eigenvalue weighted by atomic mass is 10.0. The van der Waals surface area contributed by atoms with Crippen molar-refractivity contribution in [1.82, 2.24) is 0 Å². The maximum absolute atomic E-state index is 11.6. The van der Waals surface area contributed by atoms with Crippen molar-refractivity contribution in [3.05, 3.63) is 23.3 Å². The van der Waals surface area contributed by atoms with E-state index in [0.29, 0.717) is 6.29 Å². The summed E-state index contributed by atoms with van der Waals surface area (Å²) in [6.07, 6.45) is -0.952. The quantitative estimate of drug-likeness (QED) is 0.615. The standard InChI is InChI=1S/C13H16O6/c1-4-19-13(16)11(15)9-5-8(7-14)6-10(17-2)12(9)18-3/h5-7,11,15H,4H2,1-3H3. The fourth-order valence-corrected chi connectivity index (χ4v) is 1.64. The Hall–Kier alpha value is -2.08. The predicted molar refractivity (Wildman–Crippen MR) is 66.5 cm³/mol. The van der Waals surface area contributed by atoms with Crippen LogP contribution >= 0.6 is 0 Å². The number of benzene rings is 1. The first-order valence-corrected chi connectivity index (χ1v) is 5.64. The summed E-state index contributed by atoms with van der Waals surface area (Å²) in [6, 6.07) is 2.81. The van der Waals surface area contributed by atoms with Gasteiger partial charge in [0.15, 0.2) is 17.6 Å². The zero-order valence-corrected chi connectivity index (χ0v) is 11.0. The van der Waals surface area contributed by atoms with Crippen molar-refractivity contribution in [3.63, 3.8) is 0 Å². The number of ether oxygens (including phenoxy) is 3. The topological polar surface area (TPSA) is 82.1 Å². The van der Waals surface area contributed by atoms with Gasteiger partial charge in [0.2, 0.25) is 0 Å². The Morgan fingerprint density at radius 3 is 2.53 bits per heavy atom. The molecule has 6 heteroatoms. The molecule has 0 heterocycles. The van der Waals surface area contributed by atoms with Gasteiger partial charge in [-0.2, -0.15) is 0 Å². The Labute approximate surface area is 110 Å². The van der Waals surface area contributed by atoms with E-state index >= 15 is 0 Å². The molecule has 1 N–H and O–H groups in total. The van der Waals surface area contributed by atoms with Gasteiger partial charge in [-0.15, -0.1) is 0 Å². The summed E-state index contributed by atoms with van der Waals surface area (Å²) in [6.45, 7) is 1.77. The summed E-state index contributed by atoms with van der Waals surface area (Å²) in [4.78, 5) is 22.4. The Balaban J connectivity index is 3.30. The van der Waals surface area contributed by atoms with E-state index in [0.717, 1.165) is 0 Å². The molecule has 1 aromatic carbocycles. The SMILES string of the molecule is CCOC(=O)C(O)c1cc(C=O)cc(OC)c1OC. The Morgan fingerprint density at radius 1 is 1.37 bits per heavy atom. The highest BCUT2D eigenvalue weighted by molar-refractivity contribution is 5.82. The summed E-state index contributed by atoms with van der Waals surface area (Å²) in [5, 5.41) is 9.95. The van der Waals surface area contributed by atoms with Crippen molar-refractivity contribution in [2.24, 2.45) is 0 Å². The smallest absolute Gasteiger partial charge is 0.339 e. The lowest BCUT2D eigenvalue weighted by Crippen LogP contribution is -2.16. The number of methoxy groups -OCH3 is 2. The second kappa shape index (κ2) is 6.75. The molecule has 0 aliphatic rings. The average Bonchev–Trinajstić information content (AvgIpc) is 2.44. The number of esters is 1. The molecule has 0 aliphatic carbocycles. The van der Waals surface area contributed by atoms with Gasteiger partial charge in [-0.3, -0.25) is 4.79 Å². The van der Waals surface area contributed by atoms with Gasteiger partial charge in [-0.1, -0.05) is 0 Å². The molecule has 1 aromatic rings. The van der Waals surface area contributed by atoms with Gasteiger partial charge < -0.3 is 19.3 Å². The van der Waals surface area contributed by atoms with Crippen molar-refractivity contribution in [2.75, 3.05) is 20.8 Å². The summed E-state index contributed by atoms with van der Waals surface area (Å²) in [5.41, 5.74) is 0.387. The van der Waals surface area contributed by atoms with E-state index in [9.17, 15) is 14.7 Å². The molecule has 0 bridgehead atoms. The van der Waals surface area contributed by atoms with Crippen molar-refractivity contribution in [2.45, 2.75) is 13.0 Å². The highest BCUT2D eigenvalue weighted by atomic mass is 16.5. The molecule has 0 spiro atoms. The maximum atomic E-state index is 11.6. The summed E-state index contributed by atoms with van der Waals surface area (Å²) in [5.74, 6) is -0.370. The average molecular weight is 268 g/mol. The van der Waals surface area contributed by atoms with E-state index in [4.69, 9.17) is 14.2 Å². The van der Waals surface area contributed by atoms with Gasteiger partial charge in [0, 0.05) is 11.1 Å². The summed E-state index contributed by atoms with van der Waals surface area (Å²) >= 11 is 0. The predicted octanol–water partition coefficient (Wildman–Crippen LogP) is 1.11. The third kappa shape index (κ3) is 3.23. The summed E-state index contributed by atoms with van der Waals surface area (Å²) < 4.78 is 14.9. The molecule has 0 radical (unpaired) electrons. The number of aliphatic hydroxyl groups excluding tert-OH is 1. The van der Waals surface area contributed by atoms with E-state index in [1.54, 1.807) is 6.92 Å². The van der Waals surface area contributed by atoms with Crippen LogP contribution in [0.3, 0.4) is 0 Å². The monoisotopic (exact) mass is 268 g/mol. The second-order valence-corrected chi connectivity index (χ2v) is 3.62. The molecule has 0 fully saturated rings. The first-order valence-electron chi connectivity index (χ1n) is 5.64. The summed E-state index contributed by atoms with van der Waals surface area (Å²) in [7, 11) is 2.77. The van der Waals surface area contributed by atoms with E-state index in [2.05, 4.69) is 0 Å². The number of rotatable bonds is 6. The number of carbonyl (C=O) groups is 2. The lowest BCUT2D eigenvalue weighted by molar-refractivity contribution is -0.153. The van der Waals surface area contributed by atoms with Gasteiger partial charge in [0.25, 0.3) is 0 Å². The third-order valence-corrected chi connectivity index (χ3v) is 2.47. The van der Waals surface area contributed by atoms with Crippen LogP contribution in [0, 0.1) is 0 Å². The number of hydrogen-bond donors (Lipinski definition) is 1. The van der Waals surface area contributed by atoms with Crippen LogP contribution in [0.15, 0.2) is 12.1 Å². The first-order chi connectivity index (χ1) is 9.08. The highest BCUT2D eigenvalue weighted by Crippen LogP contribution is 2.36. The van der Waals surface area contributed by atoms with Crippen LogP contribution in [-0.2, 0) is 9.53 Å². The largest absolute Gasteiger partial charge is 0.493 e. The molecule has 0 saturated heterocycles. The van der Waals surface area contributed by atoms with Crippen molar-refractivity contribution < 1.29 is 28.9 Å². The molecule has 0 saturated carbocycles. The molecule has 1 rings (SSSR count). The van der Waals surface area contributed by atoms with Crippen molar-refractivity contribution >= 4 is 12.3 Å². The minimum absolute atomic E-state index is 0.127. The minimum Gasteiger partial charge on any atom is -0.493 e. The zero-order chi connectivity index (χ0) is 14.4. The van der Waals surface area contributed by atoms with Gasteiger partial charge >= 0.3 is 5.97 Å². The molecule has 1 unspecified atom stereocenters. The van der Waals surface area contributed by atoms with Crippen LogP contribution in [0.2, 0.25) is 0 Å². The van der Waals surface area contributed by atoms with E-state index in [-0.39, 0.29) is 29.2 Å². The lowest BCUT2D eigenvalue weighted by Gasteiger charge is -2.16. The number of carbonyl (C=O) groups excluding carboxylic acids is 2. The van der Waals surface area contributed by atoms with Crippen LogP contribution in [0.1, 0.15) is 28.9 Å². The van der Waals surface area contributed by atoms with Crippen molar-refractivity contribution in [1.29, 1.82) is 0 Å². The molecule has 104 valence electrons. The fraction of sp³-hybridized carbons (Fsp3) is 0.385. The minimum atomic E-state index is -1.54. The molecule has 19 heavy (non-hydrogen) atoms. The zero-order valence-electron chi connectivity index (χ0n) is 11.0. The number of aldehydes is 1. The molecule has 1 atom stereocenters. The van der Waals surface area contributed by atoms with Crippen LogP contribution < -0.4 is 9.47 Å². The number of hydrogen-bond acceptors (Lipinski definition) is 6. The normalized spacial score (nSPS) is 11.6. The van der Waals surface area contributed by atoms with Crippen LogP contribution in [0.4, 0.5) is 0 Å². The second-order valence-electron chi connectivity index (χ2n) is 3.62. The highest BCUT2D eigenvalue weighted by Gasteiger charge is 2.25. The van der Waals surface area contributed by atoms with Crippen LogP contribution in [0.5, 0.6) is 11.5 Å². The number of aliphatic hydroxyl groups is 1. The van der Waals surface area contributed by atoms with Gasteiger partial charge in [0.1, 0.15) is 6.29 Å².